The zero-order valence-electron chi connectivity index (χ0n) is 8.79. The molecule has 0 spiro atoms. The molecule has 0 bridgehead atoms. The van der Waals surface area contributed by atoms with Gasteiger partial charge in [0.15, 0.2) is 0 Å². The molecule has 0 aromatic carbocycles. The van der Waals surface area contributed by atoms with E-state index in [1.807, 2.05) is 0 Å². The van der Waals surface area contributed by atoms with Gasteiger partial charge in [0.25, 0.3) is 0 Å². The largest absolute Gasteiger partial charge is 0.306 e. The van der Waals surface area contributed by atoms with Crippen LogP contribution in [0.2, 0.25) is 0 Å². The lowest BCUT2D eigenvalue weighted by molar-refractivity contribution is 0.201. The van der Waals surface area contributed by atoms with Crippen molar-refractivity contribution in [1.82, 2.24) is 4.90 Å². The molecule has 0 saturated heterocycles. The average Bonchev–Trinajstić information content (AvgIpc) is 2.57. The van der Waals surface area contributed by atoms with Crippen molar-refractivity contribution < 1.29 is 0 Å². The van der Waals surface area contributed by atoms with Crippen molar-refractivity contribution in [1.29, 1.82) is 5.26 Å². The summed E-state index contributed by atoms with van der Waals surface area (Å²) in [5, 5.41) is 8.57. The van der Waals surface area contributed by atoms with Gasteiger partial charge in [-0.15, -0.1) is 0 Å². The molecule has 1 aliphatic rings. The minimum atomic E-state index is 0.641. The Hall–Kier alpha value is -0.550. The van der Waals surface area contributed by atoms with E-state index in [1.165, 1.54) is 25.7 Å². The van der Waals surface area contributed by atoms with Gasteiger partial charge in [-0.1, -0.05) is 12.8 Å². The van der Waals surface area contributed by atoms with Gasteiger partial charge in [0, 0.05) is 12.5 Å². The molecule has 1 aliphatic carbocycles. The highest BCUT2D eigenvalue weighted by molar-refractivity contribution is 4.83. The average molecular weight is 180 g/mol. The third kappa shape index (κ3) is 3.00. The van der Waals surface area contributed by atoms with Crippen LogP contribution in [0.25, 0.3) is 0 Å². The summed E-state index contributed by atoms with van der Waals surface area (Å²) in [7, 11) is 4.28. The fourth-order valence-corrected chi connectivity index (χ4v) is 2.47. The van der Waals surface area contributed by atoms with Crippen molar-refractivity contribution in [3.63, 3.8) is 0 Å². The van der Waals surface area contributed by atoms with E-state index in [1.54, 1.807) is 0 Å². The van der Waals surface area contributed by atoms with Crippen molar-refractivity contribution in [2.45, 2.75) is 44.6 Å². The van der Waals surface area contributed by atoms with Crippen molar-refractivity contribution in [2.24, 2.45) is 5.92 Å². The van der Waals surface area contributed by atoms with E-state index in [0.29, 0.717) is 12.5 Å². The molecule has 0 radical (unpaired) electrons. The summed E-state index contributed by atoms with van der Waals surface area (Å²) in [5.41, 5.74) is 0. The van der Waals surface area contributed by atoms with Crippen LogP contribution in [-0.2, 0) is 0 Å². The normalized spacial score (nSPS) is 20.5. The van der Waals surface area contributed by atoms with E-state index >= 15 is 0 Å². The Balaban J connectivity index is 2.41. The highest BCUT2D eigenvalue weighted by atomic mass is 15.1. The second-order valence-corrected chi connectivity index (χ2v) is 4.27. The third-order valence-electron chi connectivity index (χ3n) is 3.16. The Morgan fingerprint density at radius 2 is 2.00 bits per heavy atom. The Bertz CT molecular complexity index is 175. The molecule has 0 aliphatic heterocycles. The predicted molar refractivity (Wildman–Crippen MR) is 54.3 cm³/mol. The van der Waals surface area contributed by atoms with Crippen LogP contribution in [0.5, 0.6) is 0 Å². The second-order valence-electron chi connectivity index (χ2n) is 4.27. The molecule has 13 heavy (non-hydrogen) atoms. The zero-order chi connectivity index (χ0) is 9.68. The minimum Gasteiger partial charge on any atom is -0.306 e. The van der Waals surface area contributed by atoms with Gasteiger partial charge in [0.1, 0.15) is 0 Å². The first kappa shape index (κ1) is 10.5. The van der Waals surface area contributed by atoms with Gasteiger partial charge < -0.3 is 4.90 Å². The summed E-state index contributed by atoms with van der Waals surface area (Å²) in [5.74, 6) is 0.850. The lowest BCUT2D eigenvalue weighted by atomic mass is 9.93. The van der Waals surface area contributed by atoms with Gasteiger partial charge in [-0.05, 0) is 39.3 Å². The quantitative estimate of drug-likeness (QED) is 0.664. The monoisotopic (exact) mass is 180 g/mol. The van der Waals surface area contributed by atoms with Crippen molar-refractivity contribution in [3.05, 3.63) is 0 Å². The molecule has 2 nitrogen and oxygen atoms in total. The number of nitriles is 1. The first-order valence-corrected chi connectivity index (χ1v) is 5.29. The van der Waals surface area contributed by atoms with E-state index < -0.39 is 0 Å². The molecule has 1 saturated carbocycles. The Morgan fingerprint density at radius 1 is 1.38 bits per heavy atom. The van der Waals surface area contributed by atoms with Gasteiger partial charge >= 0.3 is 0 Å². The van der Waals surface area contributed by atoms with Gasteiger partial charge in [-0.25, -0.2) is 0 Å². The number of nitrogens with zero attached hydrogens (tertiary/aromatic N) is 2. The molecular formula is C11H20N2. The van der Waals surface area contributed by atoms with Crippen LogP contribution in [0.4, 0.5) is 0 Å². The van der Waals surface area contributed by atoms with Crippen LogP contribution < -0.4 is 0 Å². The van der Waals surface area contributed by atoms with Crippen LogP contribution in [0.15, 0.2) is 0 Å². The SMILES string of the molecule is CN(C)C(CCC#N)C1CCCC1. The lowest BCUT2D eigenvalue weighted by Crippen LogP contribution is -2.34. The Morgan fingerprint density at radius 3 is 2.46 bits per heavy atom. The predicted octanol–water partition coefficient (Wildman–Crippen LogP) is 2.41. The summed E-state index contributed by atoms with van der Waals surface area (Å²) in [6.07, 6.45) is 7.28. The first-order valence-electron chi connectivity index (χ1n) is 5.29. The molecule has 1 unspecified atom stereocenters. The van der Waals surface area contributed by atoms with Gasteiger partial charge in [-0.2, -0.15) is 5.26 Å². The lowest BCUT2D eigenvalue weighted by Gasteiger charge is -2.29. The Kier molecular flexibility index (Phi) is 4.24. The molecule has 2 heteroatoms. The first-order chi connectivity index (χ1) is 6.25. The zero-order valence-corrected chi connectivity index (χ0v) is 8.79. The molecule has 0 amide bonds. The molecule has 1 rings (SSSR count). The molecule has 74 valence electrons. The maximum Gasteiger partial charge on any atom is 0.0622 e. The maximum atomic E-state index is 8.57. The van der Waals surface area contributed by atoms with Crippen molar-refractivity contribution in [3.8, 4) is 6.07 Å². The van der Waals surface area contributed by atoms with Crippen molar-refractivity contribution in [2.75, 3.05) is 14.1 Å². The summed E-state index contributed by atoms with van der Waals surface area (Å²) in [6.45, 7) is 0. The van der Waals surface area contributed by atoms with Crippen LogP contribution in [0, 0.1) is 17.2 Å². The smallest absolute Gasteiger partial charge is 0.0622 e. The molecule has 1 fully saturated rings. The summed E-state index contributed by atoms with van der Waals surface area (Å²) in [6, 6.07) is 2.89. The van der Waals surface area contributed by atoms with Crippen molar-refractivity contribution >= 4 is 0 Å². The Labute approximate surface area is 81.5 Å². The molecule has 1 atom stereocenters. The number of hydrogen-bond donors (Lipinski definition) is 0. The number of hydrogen-bond acceptors (Lipinski definition) is 2. The highest BCUT2D eigenvalue weighted by Crippen LogP contribution is 2.31. The molecule has 0 heterocycles. The van der Waals surface area contributed by atoms with E-state index in [9.17, 15) is 0 Å². The fourth-order valence-electron chi connectivity index (χ4n) is 2.47. The molecule has 0 aromatic rings. The van der Waals surface area contributed by atoms with E-state index in [4.69, 9.17) is 5.26 Å². The number of rotatable bonds is 4. The van der Waals surface area contributed by atoms with Gasteiger partial charge in [-0.3, -0.25) is 0 Å². The van der Waals surface area contributed by atoms with E-state index in [2.05, 4.69) is 25.1 Å². The van der Waals surface area contributed by atoms with E-state index in [0.717, 1.165) is 12.3 Å². The standard InChI is InChI=1S/C11H20N2/c1-13(2)11(8-5-9-12)10-6-3-4-7-10/h10-11H,3-8H2,1-2H3. The highest BCUT2D eigenvalue weighted by Gasteiger charge is 2.25. The maximum absolute atomic E-state index is 8.57. The second kappa shape index (κ2) is 5.24. The van der Waals surface area contributed by atoms with Gasteiger partial charge in [0.05, 0.1) is 6.07 Å². The van der Waals surface area contributed by atoms with Gasteiger partial charge in [0.2, 0.25) is 0 Å². The topological polar surface area (TPSA) is 27.0 Å². The van der Waals surface area contributed by atoms with Crippen LogP contribution in [0.3, 0.4) is 0 Å². The van der Waals surface area contributed by atoms with E-state index in [-0.39, 0.29) is 0 Å². The third-order valence-corrected chi connectivity index (χ3v) is 3.16. The minimum absolute atomic E-state index is 0.641. The molecular weight excluding hydrogens is 160 g/mol. The molecule has 0 N–H and O–H groups in total. The van der Waals surface area contributed by atoms with Crippen LogP contribution in [-0.4, -0.2) is 25.0 Å². The van der Waals surface area contributed by atoms with Crippen LogP contribution in [0.1, 0.15) is 38.5 Å². The summed E-state index contributed by atoms with van der Waals surface area (Å²) < 4.78 is 0. The summed E-state index contributed by atoms with van der Waals surface area (Å²) in [4.78, 5) is 2.30. The summed E-state index contributed by atoms with van der Waals surface area (Å²) >= 11 is 0. The van der Waals surface area contributed by atoms with Crippen LogP contribution >= 0.6 is 0 Å². The molecule has 0 aromatic heterocycles. The fraction of sp³-hybridized carbons (Fsp3) is 0.909.